The molecule has 0 atom stereocenters. The van der Waals surface area contributed by atoms with Crippen LogP contribution in [-0.2, 0) is 0 Å². The van der Waals surface area contributed by atoms with E-state index in [2.05, 4.69) is 226 Å². The third-order valence-corrected chi connectivity index (χ3v) is 12.6. The predicted octanol–water partition coefficient (Wildman–Crippen LogP) is 15.0. The van der Waals surface area contributed by atoms with Gasteiger partial charge in [-0.1, -0.05) is 146 Å². The summed E-state index contributed by atoms with van der Waals surface area (Å²) < 4.78 is 7.35. The van der Waals surface area contributed by atoms with Crippen molar-refractivity contribution in [3.8, 4) is 28.2 Å². The largest absolute Gasteiger partial charge is 0.309 e. The summed E-state index contributed by atoms with van der Waals surface area (Å²) in [6.45, 7) is 0. The molecule has 3 heteroatoms. The van der Waals surface area contributed by atoms with Gasteiger partial charge >= 0.3 is 0 Å². The van der Waals surface area contributed by atoms with Crippen LogP contribution in [-0.4, -0.2) is 13.7 Å². The number of benzene rings is 10. The molecule has 0 aliphatic heterocycles. The number of hydrogen-bond donors (Lipinski definition) is 0. The average Bonchev–Trinajstić information content (AvgIpc) is 3.94. The van der Waals surface area contributed by atoms with E-state index in [-0.39, 0.29) is 0 Å². The highest BCUT2D eigenvalue weighted by Crippen LogP contribution is 2.43. The first-order valence-electron chi connectivity index (χ1n) is 20.4. The van der Waals surface area contributed by atoms with Gasteiger partial charge in [0.05, 0.1) is 38.8 Å². The van der Waals surface area contributed by atoms with Crippen LogP contribution in [0.2, 0.25) is 0 Å². The van der Waals surface area contributed by atoms with Crippen molar-refractivity contribution in [3.05, 3.63) is 212 Å². The minimum atomic E-state index is 1.14. The summed E-state index contributed by atoms with van der Waals surface area (Å²) in [5, 5.41) is 12.6. The van der Waals surface area contributed by atoms with Crippen LogP contribution >= 0.6 is 0 Å². The minimum Gasteiger partial charge on any atom is -0.309 e. The Morgan fingerprint density at radius 2 is 0.780 bits per heavy atom. The number of rotatable bonds is 4. The normalized spacial score (nSPS) is 12.1. The fourth-order valence-electron chi connectivity index (χ4n) is 10.1. The molecular formula is C56H35N3. The van der Waals surface area contributed by atoms with E-state index in [1.807, 2.05) is 0 Å². The molecule has 10 aromatic carbocycles. The molecule has 0 radical (unpaired) electrons. The van der Waals surface area contributed by atoms with Gasteiger partial charge in [-0.15, -0.1) is 0 Å². The van der Waals surface area contributed by atoms with Crippen molar-refractivity contribution in [1.82, 2.24) is 13.7 Å². The number of para-hydroxylation sites is 4. The van der Waals surface area contributed by atoms with Crippen LogP contribution in [0.5, 0.6) is 0 Å². The van der Waals surface area contributed by atoms with Crippen LogP contribution in [0.15, 0.2) is 212 Å². The van der Waals surface area contributed by atoms with Gasteiger partial charge in [0.25, 0.3) is 0 Å². The maximum atomic E-state index is 2.48. The lowest BCUT2D eigenvalue weighted by atomic mass is 10.00. The molecule has 13 aromatic rings. The van der Waals surface area contributed by atoms with E-state index in [1.165, 1.54) is 104 Å². The Morgan fingerprint density at radius 3 is 1.54 bits per heavy atom. The fraction of sp³-hybridized carbons (Fsp3) is 0. The van der Waals surface area contributed by atoms with Gasteiger partial charge in [-0.05, 0) is 94.0 Å². The lowest BCUT2D eigenvalue weighted by Crippen LogP contribution is -1.96. The van der Waals surface area contributed by atoms with Gasteiger partial charge in [0.15, 0.2) is 0 Å². The maximum Gasteiger partial charge on any atom is 0.0641 e. The van der Waals surface area contributed by atoms with E-state index in [0.29, 0.717) is 0 Å². The molecule has 0 N–H and O–H groups in total. The Kier molecular flexibility index (Phi) is 6.72. The van der Waals surface area contributed by atoms with E-state index in [1.54, 1.807) is 0 Å². The Morgan fingerprint density at radius 1 is 0.254 bits per heavy atom. The van der Waals surface area contributed by atoms with Gasteiger partial charge in [-0.3, -0.25) is 0 Å². The van der Waals surface area contributed by atoms with Crippen LogP contribution in [0.4, 0.5) is 0 Å². The lowest BCUT2D eigenvalue weighted by Gasteiger charge is -2.14. The van der Waals surface area contributed by atoms with Gasteiger partial charge in [0, 0.05) is 49.1 Å². The Hall–Kier alpha value is -7.88. The summed E-state index contributed by atoms with van der Waals surface area (Å²) in [5.74, 6) is 0. The first-order chi connectivity index (χ1) is 29.3. The SMILES string of the molecule is c1ccc(-n2c3ccccc3c3c2ccc2c4ccccc4n(-c4ccc(-c5ccc6c(c5)c5ccccc5n6-c5cc6ccccc6c6ccccc56)cc4)c23)cc1. The summed E-state index contributed by atoms with van der Waals surface area (Å²) in [6, 6.07) is 77.9. The number of fused-ring (bicyclic) bond motifs is 13. The molecule has 0 fully saturated rings. The third-order valence-electron chi connectivity index (χ3n) is 12.6. The van der Waals surface area contributed by atoms with Crippen molar-refractivity contribution in [3.63, 3.8) is 0 Å². The molecule has 0 amide bonds. The van der Waals surface area contributed by atoms with Crippen LogP contribution in [0.3, 0.4) is 0 Å². The van der Waals surface area contributed by atoms with E-state index in [4.69, 9.17) is 0 Å². The molecule has 0 unspecified atom stereocenters. The molecule has 13 rings (SSSR count). The monoisotopic (exact) mass is 749 g/mol. The van der Waals surface area contributed by atoms with Gasteiger partial charge in [0.1, 0.15) is 0 Å². The number of hydrogen-bond acceptors (Lipinski definition) is 0. The highest BCUT2D eigenvalue weighted by atomic mass is 15.0. The van der Waals surface area contributed by atoms with Crippen molar-refractivity contribution in [2.45, 2.75) is 0 Å². The van der Waals surface area contributed by atoms with Crippen LogP contribution in [0.1, 0.15) is 0 Å². The summed E-state index contributed by atoms with van der Waals surface area (Å²) in [4.78, 5) is 0. The van der Waals surface area contributed by atoms with Gasteiger partial charge in [-0.2, -0.15) is 0 Å². The molecule has 59 heavy (non-hydrogen) atoms. The average molecular weight is 750 g/mol. The summed E-state index contributed by atoms with van der Waals surface area (Å²) in [5.41, 5.74) is 13.2. The molecule has 3 heterocycles. The molecule has 3 aromatic heterocycles. The molecule has 0 aliphatic carbocycles. The second-order valence-corrected chi connectivity index (χ2v) is 15.7. The van der Waals surface area contributed by atoms with Crippen molar-refractivity contribution < 1.29 is 0 Å². The van der Waals surface area contributed by atoms with E-state index < -0.39 is 0 Å². The first kappa shape index (κ1) is 32.2. The molecule has 0 aliphatic rings. The highest BCUT2D eigenvalue weighted by molar-refractivity contribution is 6.26. The second-order valence-electron chi connectivity index (χ2n) is 15.7. The Balaban J connectivity index is 0.998. The van der Waals surface area contributed by atoms with Gasteiger partial charge in [0.2, 0.25) is 0 Å². The second kappa shape index (κ2) is 12.3. The van der Waals surface area contributed by atoms with Crippen LogP contribution in [0, 0.1) is 0 Å². The fourth-order valence-corrected chi connectivity index (χ4v) is 10.1. The molecule has 0 spiro atoms. The van der Waals surface area contributed by atoms with E-state index in [0.717, 1.165) is 11.4 Å². The molecule has 0 saturated heterocycles. The predicted molar refractivity (Wildman–Crippen MR) is 250 cm³/mol. The van der Waals surface area contributed by atoms with Crippen molar-refractivity contribution in [1.29, 1.82) is 0 Å². The topological polar surface area (TPSA) is 14.8 Å². The summed E-state index contributed by atoms with van der Waals surface area (Å²) in [6.07, 6.45) is 0. The zero-order chi connectivity index (χ0) is 38.6. The quantitative estimate of drug-likeness (QED) is 0.159. The van der Waals surface area contributed by atoms with Crippen LogP contribution in [0.25, 0.3) is 115 Å². The smallest absolute Gasteiger partial charge is 0.0641 e. The van der Waals surface area contributed by atoms with Crippen molar-refractivity contribution in [2.24, 2.45) is 0 Å². The molecule has 0 saturated carbocycles. The van der Waals surface area contributed by atoms with Crippen molar-refractivity contribution >= 4 is 87.0 Å². The summed E-state index contributed by atoms with van der Waals surface area (Å²) >= 11 is 0. The van der Waals surface area contributed by atoms with E-state index in [9.17, 15) is 0 Å². The Bertz CT molecular complexity index is 3820. The molecular weight excluding hydrogens is 715 g/mol. The van der Waals surface area contributed by atoms with Gasteiger partial charge in [-0.25, -0.2) is 0 Å². The standard InChI is InChI=1S/C56H35N3/c1-2-15-39(16-3-1)57-51-25-13-10-22-47(51)55-53(57)33-31-46-44-20-8-11-23-49(44)58(56(46)55)40-29-26-36(27-30-40)37-28-32-52-48(34-37)45-21-9-12-24-50(45)59(52)54-35-38-14-4-5-17-41(38)42-18-6-7-19-43(42)54/h1-35H. The Labute approximate surface area is 339 Å². The molecule has 3 nitrogen and oxygen atoms in total. The first-order valence-corrected chi connectivity index (χ1v) is 20.4. The van der Waals surface area contributed by atoms with Crippen LogP contribution < -0.4 is 0 Å². The zero-order valence-electron chi connectivity index (χ0n) is 32.0. The molecule has 0 bridgehead atoms. The number of nitrogens with zero attached hydrogens (tertiary/aromatic N) is 3. The zero-order valence-corrected chi connectivity index (χ0v) is 32.0. The van der Waals surface area contributed by atoms with E-state index >= 15 is 0 Å². The summed E-state index contributed by atoms with van der Waals surface area (Å²) in [7, 11) is 0. The maximum absolute atomic E-state index is 2.48. The third kappa shape index (κ3) is 4.58. The number of aromatic nitrogens is 3. The van der Waals surface area contributed by atoms with Gasteiger partial charge < -0.3 is 13.7 Å². The molecule has 274 valence electrons. The lowest BCUT2D eigenvalue weighted by molar-refractivity contribution is 1.17. The minimum absolute atomic E-state index is 1.14. The van der Waals surface area contributed by atoms with Crippen molar-refractivity contribution in [2.75, 3.05) is 0 Å². The highest BCUT2D eigenvalue weighted by Gasteiger charge is 2.21.